The SMILES string of the molecule is COc1cc(C(=O)N2CCOC[C@H]2C)ccc1[N+](=O)[O-]. The van der Waals surface area contributed by atoms with E-state index in [2.05, 4.69) is 0 Å². The van der Waals surface area contributed by atoms with Crippen molar-refractivity contribution in [2.24, 2.45) is 0 Å². The molecule has 1 atom stereocenters. The molecule has 1 aromatic carbocycles. The smallest absolute Gasteiger partial charge is 0.310 e. The van der Waals surface area contributed by atoms with E-state index in [-0.39, 0.29) is 23.4 Å². The van der Waals surface area contributed by atoms with Crippen molar-refractivity contribution in [3.63, 3.8) is 0 Å². The first-order valence-electron chi connectivity index (χ1n) is 6.25. The molecule has 0 N–H and O–H groups in total. The van der Waals surface area contributed by atoms with Crippen LogP contribution in [0.2, 0.25) is 0 Å². The second-order valence-corrected chi connectivity index (χ2v) is 4.57. The van der Waals surface area contributed by atoms with Gasteiger partial charge in [0.05, 0.1) is 31.3 Å². The number of amides is 1. The van der Waals surface area contributed by atoms with Crippen LogP contribution in [0.3, 0.4) is 0 Å². The van der Waals surface area contributed by atoms with Gasteiger partial charge in [0.2, 0.25) is 0 Å². The van der Waals surface area contributed by atoms with Gasteiger partial charge in [0.15, 0.2) is 5.75 Å². The van der Waals surface area contributed by atoms with Crippen molar-refractivity contribution in [3.8, 4) is 5.75 Å². The molecule has 0 aromatic heterocycles. The molecular weight excluding hydrogens is 264 g/mol. The van der Waals surface area contributed by atoms with Gasteiger partial charge in [0.25, 0.3) is 5.91 Å². The molecule has 0 spiro atoms. The summed E-state index contributed by atoms with van der Waals surface area (Å²) in [6, 6.07) is 4.13. The first-order valence-corrected chi connectivity index (χ1v) is 6.25. The summed E-state index contributed by atoms with van der Waals surface area (Å²) < 4.78 is 10.3. The summed E-state index contributed by atoms with van der Waals surface area (Å²) in [6.45, 7) is 3.41. The quantitative estimate of drug-likeness (QED) is 0.618. The van der Waals surface area contributed by atoms with Crippen LogP contribution in [-0.4, -0.2) is 48.6 Å². The third-order valence-electron chi connectivity index (χ3n) is 3.25. The maximum atomic E-state index is 12.4. The van der Waals surface area contributed by atoms with Crippen LogP contribution in [-0.2, 0) is 4.74 Å². The van der Waals surface area contributed by atoms with Crippen LogP contribution in [0.4, 0.5) is 5.69 Å². The second kappa shape index (κ2) is 5.87. The summed E-state index contributed by atoms with van der Waals surface area (Å²) in [5.41, 5.74) is 0.222. The van der Waals surface area contributed by atoms with E-state index in [1.54, 1.807) is 4.90 Å². The van der Waals surface area contributed by atoms with Gasteiger partial charge in [0.1, 0.15) is 0 Å². The Morgan fingerprint density at radius 3 is 2.90 bits per heavy atom. The lowest BCUT2D eigenvalue weighted by molar-refractivity contribution is -0.385. The zero-order valence-corrected chi connectivity index (χ0v) is 11.4. The van der Waals surface area contributed by atoms with Gasteiger partial charge in [-0.15, -0.1) is 0 Å². The summed E-state index contributed by atoms with van der Waals surface area (Å²) in [7, 11) is 1.34. The van der Waals surface area contributed by atoms with Gasteiger partial charge in [-0.25, -0.2) is 0 Å². The largest absolute Gasteiger partial charge is 0.490 e. The van der Waals surface area contributed by atoms with Crippen LogP contribution in [0, 0.1) is 10.1 Å². The minimum atomic E-state index is -0.537. The van der Waals surface area contributed by atoms with Crippen LogP contribution >= 0.6 is 0 Å². The van der Waals surface area contributed by atoms with Crippen LogP contribution in [0.5, 0.6) is 5.75 Å². The van der Waals surface area contributed by atoms with Gasteiger partial charge in [-0.3, -0.25) is 14.9 Å². The molecular formula is C13H16N2O5. The van der Waals surface area contributed by atoms with Crippen LogP contribution < -0.4 is 4.74 Å². The highest BCUT2D eigenvalue weighted by atomic mass is 16.6. The maximum absolute atomic E-state index is 12.4. The molecule has 1 aromatic rings. The molecule has 108 valence electrons. The highest BCUT2D eigenvalue weighted by Gasteiger charge is 2.26. The number of carbonyl (C=O) groups excluding carboxylic acids is 1. The lowest BCUT2D eigenvalue weighted by Gasteiger charge is -2.33. The molecule has 1 aliphatic heterocycles. The zero-order valence-electron chi connectivity index (χ0n) is 11.4. The Morgan fingerprint density at radius 2 is 2.30 bits per heavy atom. The zero-order chi connectivity index (χ0) is 14.7. The van der Waals surface area contributed by atoms with E-state index >= 15 is 0 Å². The van der Waals surface area contributed by atoms with Gasteiger partial charge in [-0.2, -0.15) is 0 Å². The Bertz CT molecular complexity index is 531. The van der Waals surface area contributed by atoms with Gasteiger partial charge in [-0.1, -0.05) is 0 Å². The second-order valence-electron chi connectivity index (χ2n) is 4.57. The number of rotatable bonds is 3. The van der Waals surface area contributed by atoms with E-state index in [1.807, 2.05) is 6.92 Å². The molecule has 0 unspecified atom stereocenters. The van der Waals surface area contributed by atoms with Crippen molar-refractivity contribution >= 4 is 11.6 Å². The Kier molecular flexibility index (Phi) is 4.19. The van der Waals surface area contributed by atoms with Crippen LogP contribution in [0.15, 0.2) is 18.2 Å². The van der Waals surface area contributed by atoms with E-state index in [0.29, 0.717) is 25.3 Å². The average molecular weight is 280 g/mol. The highest BCUT2D eigenvalue weighted by molar-refractivity contribution is 5.95. The molecule has 7 nitrogen and oxygen atoms in total. The van der Waals surface area contributed by atoms with E-state index in [1.165, 1.54) is 25.3 Å². The Balaban J connectivity index is 2.28. The summed E-state index contributed by atoms with van der Waals surface area (Å²) in [6.07, 6.45) is 0. The molecule has 0 bridgehead atoms. The van der Waals surface area contributed by atoms with Crippen molar-refractivity contribution < 1.29 is 19.2 Å². The Labute approximate surface area is 116 Å². The Hall–Kier alpha value is -2.15. The predicted octanol–water partition coefficient (Wildman–Crippen LogP) is 1.46. The van der Waals surface area contributed by atoms with E-state index in [9.17, 15) is 14.9 Å². The van der Waals surface area contributed by atoms with Crippen molar-refractivity contribution in [3.05, 3.63) is 33.9 Å². The van der Waals surface area contributed by atoms with Crippen molar-refractivity contribution in [2.45, 2.75) is 13.0 Å². The van der Waals surface area contributed by atoms with Gasteiger partial charge < -0.3 is 14.4 Å². The molecule has 1 saturated heterocycles. The molecule has 1 aliphatic rings. The summed E-state index contributed by atoms with van der Waals surface area (Å²) >= 11 is 0. The third-order valence-corrected chi connectivity index (χ3v) is 3.25. The first kappa shape index (κ1) is 14.3. The summed E-state index contributed by atoms with van der Waals surface area (Å²) in [5.74, 6) is -0.0873. The van der Waals surface area contributed by atoms with Gasteiger partial charge in [-0.05, 0) is 13.0 Å². The molecule has 0 radical (unpaired) electrons. The standard InChI is InChI=1S/C13H16N2O5/c1-9-8-20-6-5-14(9)13(16)10-3-4-11(15(17)18)12(7-10)19-2/h3-4,7,9H,5-6,8H2,1-2H3/t9-/m1/s1. The number of hydrogen-bond donors (Lipinski definition) is 0. The van der Waals surface area contributed by atoms with Crippen LogP contribution in [0.25, 0.3) is 0 Å². The fourth-order valence-corrected chi connectivity index (χ4v) is 2.16. The van der Waals surface area contributed by atoms with E-state index in [4.69, 9.17) is 9.47 Å². The molecule has 7 heteroatoms. The number of methoxy groups -OCH3 is 1. The first-order chi connectivity index (χ1) is 9.54. The predicted molar refractivity (Wildman–Crippen MR) is 71.0 cm³/mol. The molecule has 0 aliphatic carbocycles. The number of nitro benzene ring substituents is 1. The fourth-order valence-electron chi connectivity index (χ4n) is 2.16. The maximum Gasteiger partial charge on any atom is 0.310 e. The molecule has 1 amide bonds. The van der Waals surface area contributed by atoms with E-state index < -0.39 is 4.92 Å². The Morgan fingerprint density at radius 1 is 1.55 bits per heavy atom. The highest BCUT2D eigenvalue weighted by Crippen LogP contribution is 2.28. The number of benzene rings is 1. The number of ether oxygens (including phenoxy) is 2. The molecule has 1 heterocycles. The number of nitro groups is 1. The van der Waals surface area contributed by atoms with E-state index in [0.717, 1.165) is 0 Å². The van der Waals surface area contributed by atoms with Crippen molar-refractivity contribution in [1.82, 2.24) is 4.90 Å². The third kappa shape index (κ3) is 2.72. The topological polar surface area (TPSA) is 81.9 Å². The van der Waals surface area contributed by atoms with Crippen LogP contribution in [0.1, 0.15) is 17.3 Å². The van der Waals surface area contributed by atoms with Crippen molar-refractivity contribution in [1.29, 1.82) is 0 Å². The summed E-state index contributed by atoms with van der Waals surface area (Å²) in [4.78, 5) is 24.4. The lowest BCUT2D eigenvalue weighted by Crippen LogP contribution is -2.47. The minimum Gasteiger partial charge on any atom is -0.490 e. The fraction of sp³-hybridized carbons (Fsp3) is 0.462. The number of nitrogens with zero attached hydrogens (tertiary/aromatic N) is 2. The number of carbonyl (C=O) groups is 1. The average Bonchev–Trinajstić information content (AvgIpc) is 2.46. The molecule has 20 heavy (non-hydrogen) atoms. The monoisotopic (exact) mass is 280 g/mol. The molecule has 2 rings (SSSR count). The summed E-state index contributed by atoms with van der Waals surface area (Å²) in [5, 5.41) is 10.8. The number of morpholine rings is 1. The number of hydrogen-bond acceptors (Lipinski definition) is 5. The lowest BCUT2D eigenvalue weighted by atomic mass is 10.1. The van der Waals surface area contributed by atoms with Gasteiger partial charge >= 0.3 is 5.69 Å². The normalized spacial score (nSPS) is 18.7. The molecule has 1 fully saturated rings. The molecule has 0 saturated carbocycles. The van der Waals surface area contributed by atoms with Crippen molar-refractivity contribution in [2.75, 3.05) is 26.9 Å². The van der Waals surface area contributed by atoms with Gasteiger partial charge in [0, 0.05) is 24.2 Å². The minimum absolute atomic E-state index is 0.0163.